The number of rotatable bonds is 8. The van der Waals surface area contributed by atoms with Gasteiger partial charge in [-0.1, -0.05) is 85.2 Å². The quantitative estimate of drug-likeness (QED) is 0.453. The van der Waals surface area contributed by atoms with E-state index in [0.29, 0.717) is 5.13 Å². The summed E-state index contributed by atoms with van der Waals surface area (Å²) >= 11 is 1.30. The molecule has 6 nitrogen and oxygen atoms in total. The van der Waals surface area contributed by atoms with Crippen molar-refractivity contribution in [2.45, 2.75) is 19.8 Å². The van der Waals surface area contributed by atoms with Crippen LogP contribution in [-0.4, -0.2) is 30.3 Å². The lowest BCUT2D eigenvalue weighted by molar-refractivity contribution is -0.124. The van der Waals surface area contributed by atoms with Crippen LogP contribution in [0.1, 0.15) is 30.9 Å². The van der Waals surface area contributed by atoms with Gasteiger partial charge < -0.3 is 15.7 Å². The Balaban J connectivity index is 1.93. The highest BCUT2D eigenvalue weighted by atomic mass is 32.1. The summed E-state index contributed by atoms with van der Waals surface area (Å²) in [7, 11) is 1.62. The van der Waals surface area contributed by atoms with E-state index in [1.54, 1.807) is 13.0 Å². The Labute approximate surface area is 169 Å². The van der Waals surface area contributed by atoms with Crippen molar-refractivity contribution in [1.29, 1.82) is 0 Å². The first-order chi connectivity index (χ1) is 13.5. The standard InChI is InChI=1S/C20H22BN4O2S/c1-20(2,18(26)24-19-25-23-13-28-19)17(14-6-4-3-5-7-14)15-8-10-16(11-9-15)21-27-12-22/h3-11,13,17H,12,22H2,1-2H3,(H,24,25,26). The van der Waals surface area contributed by atoms with Gasteiger partial charge in [-0.3, -0.25) is 4.79 Å². The molecule has 0 saturated carbocycles. The van der Waals surface area contributed by atoms with Gasteiger partial charge in [-0.25, -0.2) is 0 Å². The molecule has 1 atom stereocenters. The van der Waals surface area contributed by atoms with Crippen LogP contribution in [0, 0.1) is 5.41 Å². The minimum atomic E-state index is -0.730. The lowest BCUT2D eigenvalue weighted by atomic mass is 9.70. The molecule has 0 aliphatic carbocycles. The van der Waals surface area contributed by atoms with Gasteiger partial charge in [0.25, 0.3) is 0 Å². The van der Waals surface area contributed by atoms with Crippen molar-refractivity contribution < 1.29 is 9.45 Å². The molecule has 28 heavy (non-hydrogen) atoms. The summed E-state index contributed by atoms with van der Waals surface area (Å²) < 4.78 is 5.15. The molecule has 0 bridgehead atoms. The fourth-order valence-corrected chi connectivity index (χ4v) is 3.64. The number of nitrogens with one attached hydrogen (secondary N) is 1. The molecule has 143 valence electrons. The van der Waals surface area contributed by atoms with Crippen molar-refractivity contribution in [3.63, 3.8) is 0 Å². The molecule has 3 N–H and O–H groups in total. The van der Waals surface area contributed by atoms with Crippen LogP contribution in [0.15, 0.2) is 60.1 Å². The Kier molecular flexibility index (Phi) is 6.56. The molecule has 0 spiro atoms. The maximum absolute atomic E-state index is 13.1. The summed E-state index contributed by atoms with van der Waals surface area (Å²) in [6, 6.07) is 18.0. The van der Waals surface area contributed by atoms with E-state index < -0.39 is 5.41 Å². The number of nitrogens with zero attached hydrogens (tertiary/aromatic N) is 2. The molecule has 1 amide bonds. The molecule has 1 unspecified atom stereocenters. The molecular weight excluding hydrogens is 371 g/mol. The molecule has 1 aromatic heterocycles. The SMILES string of the molecule is CC(C)(C(=O)Nc1nncs1)C(c1ccccc1)c1ccc([B]OCN)cc1. The van der Waals surface area contributed by atoms with Gasteiger partial charge in [0, 0.05) is 5.92 Å². The van der Waals surface area contributed by atoms with Gasteiger partial charge in [-0.2, -0.15) is 0 Å². The van der Waals surface area contributed by atoms with Gasteiger partial charge in [0.15, 0.2) is 0 Å². The van der Waals surface area contributed by atoms with Gasteiger partial charge in [-0.15, -0.1) is 10.2 Å². The zero-order chi connectivity index (χ0) is 20.0. The van der Waals surface area contributed by atoms with Crippen molar-refractivity contribution in [2.75, 3.05) is 12.0 Å². The predicted octanol–water partition coefficient (Wildman–Crippen LogP) is 2.51. The average molecular weight is 393 g/mol. The molecule has 3 rings (SSSR count). The van der Waals surface area contributed by atoms with Crippen molar-refractivity contribution in [1.82, 2.24) is 10.2 Å². The lowest BCUT2D eigenvalue weighted by Gasteiger charge is -2.33. The molecule has 0 aliphatic rings. The Hall–Kier alpha value is -2.55. The third-order valence-electron chi connectivity index (χ3n) is 4.61. The van der Waals surface area contributed by atoms with E-state index in [1.165, 1.54) is 11.3 Å². The first-order valence-electron chi connectivity index (χ1n) is 8.90. The number of benzene rings is 2. The van der Waals surface area contributed by atoms with Gasteiger partial charge >= 0.3 is 7.48 Å². The monoisotopic (exact) mass is 393 g/mol. The van der Waals surface area contributed by atoms with Crippen LogP contribution < -0.4 is 16.5 Å². The van der Waals surface area contributed by atoms with Gasteiger partial charge in [0.1, 0.15) is 5.51 Å². The average Bonchev–Trinajstić information content (AvgIpc) is 3.21. The number of hydrogen-bond acceptors (Lipinski definition) is 6. The number of amides is 1. The molecule has 0 saturated heterocycles. The summed E-state index contributed by atoms with van der Waals surface area (Å²) in [4.78, 5) is 13.1. The normalized spacial score (nSPS) is 12.4. The molecule has 3 aromatic rings. The second kappa shape index (κ2) is 9.10. The van der Waals surface area contributed by atoms with E-state index in [1.807, 2.05) is 68.4 Å². The second-order valence-corrected chi connectivity index (χ2v) is 7.71. The van der Waals surface area contributed by atoms with Gasteiger partial charge in [-0.05, 0) is 11.1 Å². The van der Waals surface area contributed by atoms with Crippen LogP contribution in [0.5, 0.6) is 0 Å². The fraction of sp³-hybridized carbons (Fsp3) is 0.250. The number of aromatic nitrogens is 2. The number of nitrogens with two attached hydrogens (primary N) is 1. The zero-order valence-corrected chi connectivity index (χ0v) is 16.6. The first-order valence-corrected chi connectivity index (χ1v) is 9.77. The molecular formula is C20H22BN4O2S. The highest BCUT2D eigenvalue weighted by Crippen LogP contribution is 2.41. The highest BCUT2D eigenvalue weighted by Gasteiger charge is 2.39. The predicted molar refractivity (Wildman–Crippen MR) is 113 cm³/mol. The Morgan fingerprint density at radius 1 is 1.18 bits per heavy atom. The Bertz CT molecular complexity index is 886. The highest BCUT2D eigenvalue weighted by molar-refractivity contribution is 7.13. The Morgan fingerprint density at radius 3 is 2.46 bits per heavy atom. The summed E-state index contributed by atoms with van der Waals surface area (Å²) in [5.41, 5.74) is 9.25. The molecule has 1 radical (unpaired) electrons. The lowest BCUT2D eigenvalue weighted by Crippen LogP contribution is -2.37. The molecule has 0 fully saturated rings. The van der Waals surface area contributed by atoms with Gasteiger partial charge in [0.2, 0.25) is 11.0 Å². The third kappa shape index (κ3) is 4.65. The van der Waals surface area contributed by atoms with Crippen molar-refractivity contribution in [3.05, 3.63) is 71.2 Å². The first kappa shape index (κ1) is 20.2. The van der Waals surface area contributed by atoms with E-state index >= 15 is 0 Å². The van der Waals surface area contributed by atoms with E-state index in [0.717, 1.165) is 16.6 Å². The van der Waals surface area contributed by atoms with Crippen LogP contribution in [-0.2, 0) is 9.45 Å². The summed E-state index contributed by atoms with van der Waals surface area (Å²) in [5, 5.41) is 11.1. The van der Waals surface area contributed by atoms with Crippen LogP contribution in [0.3, 0.4) is 0 Å². The number of carbonyl (C=O) groups is 1. The molecule has 8 heteroatoms. The van der Waals surface area contributed by atoms with E-state index in [-0.39, 0.29) is 18.6 Å². The summed E-state index contributed by atoms with van der Waals surface area (Å²) in [5.74, 6) is -0.258. The smallest absolute Gasteiger partial charge is 0.331 e. The zero-order valence-electron chi connectivity index (χ0n) is 15.8. The largest absolute Gasteiger partial charge is 0.422 e. The molecule has 1 heterocycles. The Morgan fingerprint density at radius 2 is 1.86 bits per heavy atom. The number of carbonyl (C=O) groups excluding carboxylic acids is 1. The number of hydrogen-bond donors (Lipinski definition) is 2. The molecule has 2 aromatic carbocycles. The van der Waals surface area contributed by atoms with Crippen molar-refractivity contribution in [2.24, 2.45) is 11.1 Å². The van der Waals surface area contributed by atoms with Crippen LogP contribution in [0.25, 0.3) is 0 Å². The minimum absolute atomic E-state index is 0.111. The fourth-order valence-electron chi connectivity index (χ4n) is 3.20. The maximum atomic E-state index is 13.1. The van der Waals surface area contributed by atoms with Crippen LogP contribution in [0.2, 0.25) is 0 Å². The number of anilines is 1. The van der Waals surface area contributed by atoms with Crippen LogP contribution in [0.4, 0.5) is 5.13 Å². The maximum Gasteiger partial charge on any atom is 0.331 e. The minimum Gasteiger partial charge on any atom is -0.422 e. The third-order valence-corrected chi connectivity index (χ3v) is 5.21. The van der Waals surface area contributed by atoms with Crippen molar-refractivity contribution in [3.8, 4) is 0 Å². The van der Waals surface area contributed by atoms with Crippen LogP contribution >= 0.6 is 11.3 Å². The van der Waals surface area contributed by atoms with E-state index in [4.69, 9.17) is 10.4 Å². The molecule has 0 aliphatic heterocycles. The summed E-state index contributed by atoms with van der Waals surface area (Å²) in [6.07, 6.45) is 0. The van der Waals surface area contributed by atoms with E-state index in [9.17, 15) is 4.79 Å². The van der Waals surface area contributed by atoms with E-state index in [2.05, 4.69) is 15.5 Å². The van der Waals surface area contributed by atoms with Gasteiger partial charge in [0.05, 0.1) is 12.1 Å². The summed E-state index contributed by atoms with van der Waals surface area (Å²) in [6.45, 7) is 4.02. The second-order valence-electron chi connectivity index (χ2n) is 6.88. The topological polar surface area (TPSA) is 90.1 Å². The van der Waals surface area contributed by atoms with Crippen molar-refractivity contribution >= 4 is 35.3 Å².